The quantitative estimate of drug-likeness (QED) is 0.164. The number of carboxylic acid groups (broad SMARTS) is 1. The minimum atomic E-state index is -0.833. The molecule has 0 amide bonds. The van der Waals surface area contributed by atoms with Crippen molar-refractivity contribution in [2.45, 2.75) is 19.4 Å². The molecule has 1 aliphatic heterocycles. The van der Waals surface area contributed by atoms with Gasteiger partial charge in [0.25, 0.3) is 5.97 Å². The van der Waals surface area contributed by atoms with E-state index in [1.807, 2.05) is 0 Å². The van der Waals surface area contributed by atoms with Gasteiger partial charge in [0.05, 0.1) is 20.3 Å². The van der Waals surface area contributed by atoms with Crippen molar-refractivity contribution < 1.29 is 28.5 Å². The van der Waals surface area contributed by atoms with Crippen molar-refractivity contribution in [2.24, 2.45) is 5.73 Å². The Morgan fingerprint density at radius 1 is 1.24 bits per heavy atom. The molecule has 3 heterocycles. The summed E-state index contributed by atoms with van der Waals surface area (Å²) in [5.74, 6) is -0.185. The van der Waals surface area contributed by atoms with E-state index in [2.05, 4.69) is 20.4 Å². The molecule has 0 saturated heterocycles. The molecule has 214 valence electrons. The third-order valence-corrected chi connectivity index (χ3v) is 5.74. The number of nitrogens with one attached hydrogen (secondary N) is 3. The number of rotatable bonds is 7. The summed E-state index contributed by atoms with van der Waals surface area (Å²) in [4.78, 5) is 28.5. The van der Waals surface area contributed by atoms with Crippen molar-refractivity contribution in [3.05, 3.63) is 88.0 Å². The molecule has 4 aromatic rings. The summed E-state index contributed by atoms with van der Waals surface area (Å²) in [6.07, 6.45) is 2.09. The van der Waals surface area contributed by atoms with Crippen molar-refractivity contribution in [1.82, 2.24) is 19.7 Å². The average molecular weight is 566 g/mol. The zero-order chi connectivity index (χ0) is 29.5. The first kappa shape index (κ1) is 28.6. The minimum Gasteiger partial charge on any atom is -0.493 e. The van der Waals surface area contributed by atoms with Crippen LogP contribution in [0.2, 0.25) is 0 Å². The molecule has 6 N–H and O–H groups in total. The molecular formula is C27H28FN7O6. The van der Waals surface area contributed by atoms with Gasteiger partial charge in [-0.3, -0.25) is 15.2 Å². The van der Waals surface area contributed by atoms with Crippen LogP contribution in [0.15, 0.2) is 59.5 Å². The predicted octanol–water partition coefficient (Wildman–Crippen LogP) is 2.84. The van der Waals surface area contributed by atoms with Gasteiger partial charge in [0, 0.05) is 30.8 Å². The van der Waals surface area contributed by atoms with Crippen LogP contribution >= 0.6 is 0 Å². The van der Waals surface area contributed by atoms with E-state index in [4.69, 9.17) is 35.3 Å². The summed E-state index contributed by atoms with van der Waals surface area (Å²) in [5, 5.41) is 22.7. The maximum absolute atomic E-state index is 14.4. The van der Waals surface area contributed by atoms with Crippen LogP contribution < -0.4 is 31.0 Å². The number of carboxylic acids is 1. The smallest absolute Gasteiger partial charge is 0.349 e. The molecule has 0 bridgehead atoms. The van der Waals surface area contributed by atoms with E-state index < -0.39 is 23.5 Å². The number of amidine groups is 1. The molecule has 5 rings (SSSR count). The molecule has 0 radical (unpaired) electrons. The van der Waals surface area contributed by atoms with Gasteiger partial charge < -0.3 is 30.4 Å². The predicted molar refractivity (Wildman–Crippen MR) is 147 cm³/mol. The van der Waals surface area contributed by atoms with E-state index in [1.165, 1.54) is 25.4 Å². The lowest BCUT2D eigenvalue weighted by atomic mass is 10.0. The van der Waals surface area contributed by atoms with Gasteiger partial charge in [-0.2, -0.15) is 4.68 Å². The maximum atomic E-state index is 14.4. The highest BCUT2D eigenvalue weighted by Crippen LogP contribution is 2.42. The highest BCUT2D eigenvalue weighted by molar-refractivity contribution is 5.95. The number of methoxy groups -OCH3 is 1. The van der Waals surface area contributed by atoms with Crippen LogP contribution in [0, 0.1) is 11.2 Å². The number of hydrogen-bond acceptors (Lipinski definition) is 9. The van der Waals surface area contributed by atoms with Crippen LogP contribution in [0.25, 0.3) is 5.82 Å². The van der Waals surface area contributed by atoms with Crippen LogP contribution in [0.3, 0.4) is 0 Å². The fourth-order valence-corrected chi connectivity index (χ4v) is 3.95. The molecule has 2 aromatic carbocycles. The van der Waals surface area contributed by atoms with E-state index in [9.17, 15) is 9.18 Å². The van der Waals surface area contributed by atoms with Crippen molar-refractivity contribution in [2.75, 3.05) is 25.6 Å². The second-order valence-electron chi connectivity index (χ2n) is 8.72. The SMILES string of the molecule is CC(=O)O.COc1cc(C(Nc2ccc(C(=N)N)cc2)c2nn(-c3ncccc3F)c(=O)[nH]2)cc2c1OCCCO2. The number of pyridine rings is 1. The fourth-order valence-electron chi connectivity index (χ4n) is 3.95. The van der Waals surface area contributed by atoms with Gasteiger partial charge in [0.2, 0.25) is 5.75 Å². The molecule has 0 spiro atoms. The Morgan fingerprint density at radius 3 is 2.61 bits per heavy atom. The number of fused-ring (bicyclic) bond motifs is 1. The number of H-pyrrole nitrogens is 1. The summed E-state index contributed by atoms with van der Waals surface area (Å²) >= 11 is 0. The van der Waals surface area contributed by atoms with E-state index >= 15 is 0 Å². The number of nitrogens with zero attached hydrogens (tertiary/aromatic N) is 3. The standard InChI is InChI=1S/C25H24FN7O4.C2H4O2/c1-35-18-12-15(13-19-21(18)37-11-3-10-36-19)20(30-16-7-5-14(6-8-16)22(27)28)23-31-25(34)33(32-23)24-17(26)4-2-9-29-24;1-2(3)4/h2,4-9,12-13,20,30H,3,10-11H2,1H3,(H3,27,28)(H,31,32,34);1H3,(H,3,4). The van der Waals surface area contributed by atoms with E-state index in [-0.39, 0.29) is 17.5 Å². The van der Waals surface area contributed by atoms with Gasteiger partial charge in [-0.1, -0.05) is 0 Å². The van der Waals surface area contributed by atoms with Gasteiger partial charge in [0.1, 0.15) is 11.9 Å². The van der Waals surface area contributed by atoms with Crippen molar-refractivity contribution in [1.29, 1.82) is 5.41 Å². The Morgan fingerprint density at radius 2 is 1.95 bits per heavy atom. The number of benzene rings is 2. The minimum absolute atomic E-state index is 0.0591. The zero-order valence-corrected chi connectivity index (χ0v) is 22.2. The van der Waals surface area contributed by atoms with Crippen molar-refractivity contribution in [3.63, 3.8) is 0 Å². The Bertz CT molecular complexity index is 1600. The molecule has 0 aliphatic carbocycles. The Kier molecular flexibility index (Phi) is 8.82. The second-order valence-corrected chi connectivity index (χ2v) is 8.72. The first-order valence-corrected chi connectivity index (χ1v) is 12.4. The summed E-state index contributed by atoms with van der Waals surface area (Å²) < 4.78 is 32.6. The topological polar surface area (TPSA) is 190 Å². The number of nitrogen functional groups attached to an aromatic ring is 1. The Hall–Kier alpha value is -5.40. The van der Waals surface area contributed by atoms with Crippen molar-refractivity contribution in [3.8, 4) is 23.1 Å². The van der Waals surface area contributed by atoms with E-state index in [0.29, 0.717) is 53.7 Å². The number of carbonyl (C=O) groups is 1. The molecule has 2 aromatic heterocycles. The number of halogens is 1. The van der Waals surface area contributed by atoms with Crippen LogP contribution in [0.4, 0.5) is 10.1 Å². The molecule has 1 atom stereocenters. The lowest BCUT2D eigenvalue weighted by Crippen LogP contribution is -2.18. The fraction of sp³-hybridized carbons (Fsp3) is 0.222. The first-order chi connectivity index (χ1) is 19.7. The second kappa shape index (κ2) is 12.6. The number of nitrogens with two attached hydrogens (primary N) is 1. The third kappa shape index (κ3) is 6.79. The molecule has 1 unspecified atom stereocenters. The number of aliphatic carboxylic acids is 1. The monoisotopic (exact) mass is 565 g/mol. The maximum Gasteiger partial charge on any atom is 0.349 e. The van der Waals surface area contributed by atoms with Gasteiger partial charge >= 0.3 is 5.69 Å². The molecule has 13 nitrogen and oxygen atoms in total. The van der Waals surface area contributed by atoms with Gasteiger partial charge in [-0.05, 0) is 54.1 Å². The van der Waals surface area contributed by atoms with Crippen molar-refractivity contribution >= 4 is 17.5 Å². The van der Waals surface area contributed by atoms with Crippen LogP contribution in [-0.2, 0) is 4.79 Å². The highest BCUT2D eigenvalue weighted by Gasteiger charge is 2.26. The number of ether oxygens (including phenoxy) is 3. The average Bonchev–Trinajstić information content (AvgIpc) is 3.16. The Labute approximate surface area is 233 Å². The summed E-state index contributed by atoms with van der Waals surface area (Å²) in [5.41, 5.74) is 6.77. The summed E-state index contributed by atoms with van der Waals surface area (Å²) in [6, 6.07) is 12.3. The molecule has 0 fully saturated rings. The molecular weight excluding hydrogens is 537 g/mol. The number of hydrogen-bond donors (Lipinski definition) is 5. The van der Waals surface area contributed by atoms with Crippen LogP contribution in [-0.4, -0.2) is 57.0 Å². The van der Waals surface area contributed by atoms with E-state index in [0.717, 1.165) is 11.6 Å². The lowest BCUT2D eigenvalue weighted by Gasteiger charge is -2.21. The molecule has 1 aliphatic rings. The summed E-state index contributed by atoms with van der Waals surface area (Å²) in [6.45, 7) is 2.04. The number of aromatic nitrogens is 4. The van der Waals surface area contributed by atoms with Crippen LogP contribution in [0.1, 0.15) is 36.3 Å². The third-order valence-electron chi connectivity index (χ3n) is 5.74. The molecule has 41 heavy (non-hydrogen) atoms. The van der Waals surface area contributed by atoms with Crippen LogP contribution in [0.5, 0.6) is 17.2 Å². The zero-order valence-electron chi connectivity index (χ0n) is 22.2. The number of anilines is 1. The van der Waals surface area contributed by atoms with Gasteiger partial charge in [-0.25, -0.2) is 14.2 Å². The lowest BCUT2D eigenvalue weighted by molar-refractivity contribution is -0.134. The molecule has 0 saturated carbocycles. The number of aromatic amines is 1. The van der Waals surface area contributed by atoms with E-state index in [1.54, 1.807) is 36.4 Å². The van der Waals surface area contributed by atoms with Gasteiger partial charge in [0.15, 0.2) is 29.0 Å². The normalized spacial score (nSPS) is 12.8. The highest BCUT2D eigenvalue weighted by atomic mass is 19.1. The Balaban J connectivity index is 0.000000909. The summed E-state index contributed by atoms with van der Waals surface area (Å²) in [7, 11) is 1.52. The first-order valence-electron chi connectivity index (χ1n) is 12.4. The molecule has 14 heteroatoms. The largest absolute Gasteiger partial charge is 0.493 e. The van der Waals surface area contributed by atoms with Gasteiger partial charge in [-0.15, -0.1) is 5.10 Å².